The number of rotatable bonds is 6. The van der Waals surface area contributed by atoms with Gasteiger partial charge in [0, 0.05) is 32.2 Å². The van der Waals surface area contributed by atoms with Gasteiger partial charge in [0.15, 0.2) is 5.82 Å². The molecule has 0 bridgehead atoms. The van der Waals surface area contributed by atoms with Gasteiger partial charge in [-0.2, -0.15) is 0 Å². The van der Waals surface area contributed by atoms with Gasteiger partial charge in [0.05, 0.1) is 19.2 Å². The van der Waals surface area contributed by atoms with Crippen LogP contribution in [0.3, 0.4) is 0 Å². The van der Waals surface area contributed by atoms with Gasteiger partial charge in [-0.15, -0.1) is 0 Å². The first kappa shape index (κ1) is 17.4. The predicted octanol–water partition coefficient (Wildman–Crippen LogP) is 0.491. The second-order valence-electron chi connectivity index (χ2n) is 5.96. The smallest absolute Gasteiger partial charge is 0.320 e. The number of piperazine rings is 1. The Morgan fingerprint density at radius 2 is 1.87 bits per heavy atom. The molecule has 1 saturated heterocycles. The Morgan fingerprint density at radius 1 is 1.26 bits per heavy atom. The van der Waals surface area contributed by atoms with Gasteiger partial charge in [0.1, 0.15) is 5.76 Å². The van der Waals surface area contributed by atoms with E-state index >= 15 is 0 Å². The van der Waals surface area contributed by atoms with Crippen molar-refractivity contribution >= 4 is 17.7 Å². The van der Waals surface area contributed by atoms with Gasteiger partial charge >= 0.3 is 5.97 Å². The number of nitrogens with one attached hydrogen (secondary N) is 1. The standard InChI is InChI=1S/C15H24N4O4/c1-11(2)22-15(21)10-19-6-4-18(5-7-19)9-14(20)16-13-8-12(3)23-17-13/h8,11H,4-7,9-10H2,1-3H3,(H,16,17,20). The highest BCUT2D eigenvalue weighted by Gasteiger charge is 2.21. The fourth-order valence-corrected chi connectivity index (χ4v) is 2.40. The number of ether oxygens (including phenoxy) is 1. The van der Waals surface area contributed by atoms with E-state index in [4.69, 9.17) is 9.26 Å². The molecule has 8 nitrogen and oxygen atoms in total. The number of aromatic nitrogens is 1. The number of carbonyl (C=O) groups is 2. The van der Waals surface area contributed by atoms with E-state index < -0.39 is 0 Å². The van der Waals surface area contributed by atoms with Crippen LogP contribution in [0.15, 0.2) is 10.6 Å². The fraction of sp³-hybridized carbons (Fsp3) is 0.667. The number of hydrogen-bond acceptors (Lipinski definition) is 7. The molecule has 1 aliphatic heterocycles. The van der Waals surface area contributed by atoms with Gasteiger partial charge in [-0.1, -0.05) is 5.16 Å². The van der Waals surface area contributed by atoms with E-state index in [1.807, 2.05) is 23.6 Å². The topological polar surface area (TPSA) is 87.9 Å². The molecule has 0 radical (unpaired) electrons. The second-order valence-corrected chi connectivity index (χ2v) is 5.96. The highest BCUT2D eigenvalue weighted by Crippen LogP contribution is 2.08. The molecule has 128 valence electrons. The average Bonchev–Trinajstić information content (AvgIpc) is 2.85. The minimum absolute atomic E-state index is 0.0901. The molecule has 0 unspecified atom stereocenters. The molecule has 2 heterocycles. The Balaban J connectivity index is 1.68. The van der Waals surface area contributed by atoms with E-state index in [1.54, 1.807) is 13.0 Å². The third-order valence-electron chi connectivity index (χ3n) is 3.45. The number of nitrogens with zero attached hydrogens (tertiary/aromatic N) is 3. The van der Waals surface area contributed by atoms with Crippen LogP contribution in [0.25, 0.3) is 0 Å². The van der Waals surface area contributed by atoms with Crippen LogP contribution in [0.2, 0.25) is 0 Å². The summed E-state index contributed by atoms with van der Waals surface area (Å²) in [5, 5.41) is 6.43. The van der Waals surface area contributed by atoms with Crippen molar-refractivity contribution in [2.45, 2.75) is 26.9 Å². The molecular formula is C15H24N4O4. The highest BCUT2D eigenvalue weighted by molar-refractivity contribution is 5.91. The molecule has 2 rings (SSSR count). The number of amides is 1. The summed E-state index contributed by atoms with van der Waals surface area (Å²) in [5.41, 5.74) is 0. The summed E-state index contributed by atoms with van der Waals surface area (Å²) in [5.74, 6) is 0.767. The highest BCUT2D eigenvalue weighted by atomic mass is 16.5. The van der Waals surface area contributed by atoms with Gasteiger partial charge in [0.2, 0.25) is 5.91 Å². The molecule has 1 aromatic rings. The quantitative estimate of drug-likeness (QED) is 0.762. The van der Waals surface area contributed by atoms with Crippen LogP contribution in [0.4, 0.5) is 5.82 Å². The van der Waals surface area contributed by atoms with E-state index in [0.29, 0.717) is 24.7 Å². The van der Waals surface area contributed by atoms with Crippen molar-refractivity contribution in [2.75, 3.05) is 44.6 Å². The third-order valence-corrected chi connectivity index (χ3v) is 3.45. The molecule has 23 heavy (non-hydrogen) atoms. The monoisotopic (exact) mass is 324 g/mol. The number of esters is 1. The zero-order chi connectivity index (χ0) is 16.8. The van der Waals surface area contributed by atoms with Crippen LogP contribution in [-0.2, 0) is 14.3 Å². The zero-order valence-electron chi connectivity index (χ0n) is 13.9. The van der Waals surface area contributed by atoms with Crippen molar-refractivity contribution in [3.63, 3.8) is 0 Å². The molecule has 1 aliphatic rings. The Bertz CT molecular complexity index is 535. The minimum Gasteiger partial charge on any atom is -0.462 e. The Kier molecular flexibility index (Phi) is 6.12. The van der Waals surface area contributed by atoms with E-state index in [1.165, 1.54) is 0 Å². The van der Waals surface area contributed by atoms with Crippen molar-refractivity contribution in [3.8, 4) is 0 Å². The van der Waals surface area contributed by atoms with E-state index in [2.05, 4.69) is 10.5 Å². The van der Waals surface area contributed by atoms with E-state index in [9.17, 15) is 9.59 Å². The van der Waals surface area contributed by atoms with Crippen molar-refractivity contribution in [3.05, 3.63) is 11.8 Å². The summed E-state index contributed by atoms with van der Waals surface area (Å²) in [6, 6.07) is 1.68. The number of aryl methyl sites for hydroxylation is 1. The maximum Gasteiger partial charge on any atom is 0.320 e. The normalized spacial score (nSPS) is 16.5. The van der Waals surface area contributed by atoms with Crippen LogP contribution in [0, 0.1) is 6.92 Å². The number of hydrogen-bond donors (Lipinski definition) is 1. The molecular weight excluding hydrogens is 300 g/mol. The lowest BCUT2D eigenvalue weighted by atomic mass is 10.3. The summed E-state index contributed by atoms with van der Waals surface area (Å²) in [4.78, 5) is 27.7. The molecule has 0 spiro atoms. The van der Waals surface area contributed by atoms with Gasteiger partial charge in [-0.05, 0) is 20.8 Å². The van der Waals surface area contributed by atoms with Crippen LogP contribution in [-0.4, -0.2) is 72.2 Å². The zero-order valence-corrected chi connectivity index (χ0v) is 13.9. The number of carbonyl (C=O) groups excluding carboxylic acids is 2. The third kappa shape index (κ3) is 5.99. The maximum atomic E-state index is 11.9. The van der Waals surface area contributed by atoms with Crippen LogP contribution >= 0.6 is 0 Å². The van der Waals surface area contributed by atoms with Crippen molar-refractivity contribution in [2.24, 2.45) is 0 Å². The molecule has 0 aromatic carbocycles. The molecule has 0 atom stereocenters. The van der Waals surface area contributed by atoms with Crippen LogP contribution in [0.1, 0.15) is 19.6 Å². The first-order valence-corrected chi connectivity index (χ1v) is 7.79. The molecule has 0 saturated carbocycles. The maximum absolute atomic E-state index is 11.9. The second kappa shape index (κ2) is 8.07. The summed E-state index contributed by atoms with van der Waals surface area (Å²) in [6.45, 7) is 9.00. The Hall–Kier alpha value is -1.93. The van der Waals surface area contributed by atoms with Crippen molar-refractivity contribution in [1.82, 2.24) is 15.0 Å². The van der Waals surface area contributed by atoms with Crippen LogP contribution in [0.5, 0.6) is 0 Å². The van der Waals surface area contributed by atoms with E-state index in [-0.39, 0.29) is 18.0 Å². The lowest BCUT2D eigenvalue weighted by Gasteiger charge is -2.33. The first-order chi connectivity index (χ1) is 10.9. The van der Waals surface area contributed by atoms with E-state index in [0.717, 1.165) is 26.2 Å². The molecule has 1 aromatic heterocycles. The van der Waals surface area contributed by atoms with Gasteiger partial charge in [0.25, 0.3) is 0 Å². The summed E-state index contributed by atoms with van der Waals surface area (Å²) in [6.07, 6.45) is -0.0901. The number of anilines is 1. The minimum atomic E-state index is -0.201. The average molecular weight is 324 g/mol. The molecule has 1 amide bonds. The SMILES string of the molecule is Cc1cc(NC(=O)CN2CCN(CC(=O)OC(C)C)CC2)no1. The molecule has 1 N–H and O–H groups in total. The summed E-state index contributed by atoms with van der Waals surface area (Å²) < 4.78 is 10.0. The summed E-state index contributed by atoms with van der Waals surface area (Å²) >= 11 is 0. The molecule has 0 aliphatic carbocycles. The molecule has 8 heteroatoms. The lowest BCUT2D eigenvalue weighted by molar-refractivity contribution is -0.149. The van der Waals surface area contributed by atoms with Gasteiger partial charge in [-0.25, -0.2) is 0 Å². The van der Waals surface area contributed by atoms with Gasteiger partial charge in [-0.3, -0.25) is 19.4 Å². The Morgan fingerprint density at radius 3 is 2.39 bits per heavy atom. The molecule has 1 fully saturated rings. The predicted molar refractivity (Wildman–Crippen MR) is 84.0 cm³/mol. The van der Waals surface area contributed by atoms with Gasteiger partial charge < -0.3 is 14.6 Å². The largest absolute Gasteiger partial charge is 0.462 e. The van der Waals surface area contributed by atoms with Crippen molar-refractivity contribution in [1.29, 1.82) is 0 Å². The lowest BCUT2D eigenvalue weighted by Crippen LogP contribution is -2.50. The Labute approximate surface area is 135 Å². The first-order valence-electron chi connectivity index (χ1n) is 7.79. The fourth-order valence-electron chi connectivity index (χ4n) is 2.40. The van der Waals surface area contributed by atoms with Crippen LogP contribution < -0.4 is 5.32 Å². The summed E-state index contributed by atoms with van der Waals surface area (Å²) in [7, 11) is 0. The van der Waals surface area contributed by atoms with Crippen molar-refractivity contribution < 1.29 is 18.8 Å².